The van der Waals surface area contributed by atoms with Crippen molar-refractivity contribution in [3.8, 4) is 0 Å². The molecule has 1 rings (SSSR count). The number of unbranched alkanes of at least 4 members (excludes halogenated alkanes) is 11. The van der Waals surface area contributed by atoms with Gasteiger partial charge in [0.1, 0.15) is 13.1 Å². The van der Waals surface area contributed by atoms with E-state index in [1.807, 2.05) is 0 Å². The summed E-state index contributed by atoms with van der Waals surface area (Å²) in [6.07, 6.45) is 22.3. The third kappa shape index (κ3) is 11.6. The summed E-state index contributed by atoms with van der Waals surface area (Å²) < 4.78 is 0.947. The number of nitrogens with zero attached hydrogens (tertiary/aromatic N) is 2. The van der Waals surface area contributed by atoms with Crippen LogP contribution in [0.3, 0.4) is 0 Å². The van der Waals surface area contributed by atoms with Gasteiger partial charge in [-0.3, -0.25) is 9.28 Å². The number of nitrogens with one attached hydrogen (secondary N) is 1. The van der Waals surface area contributed by atoms with E-state index in [4.69, 9.17) is 4.99 Å². The van der Waals surface area contributed by atoms with Crippen molar-refractivity contribution in [3.63, 3.8) is 0 Å². The van der Waals surface area contributed by atoms with E-state index in [-0.39, 0.29) is 5.91 Å². The molecule has 0 aromatic rings. The zero-order valence-corrected chi connectivity index (χ0v) is 19.7. The van der Waals surface area contributed by atoms with Crippen molar-refractivity contribution in [2.45, 2.75) is 104 Å². The Morgan fingerprint density at radius 2 is 1.59 bits per heavy atom. The number of amides is 1. The number of aliphatic imine (C=N–C) groups is 1. The molecule has 1 aliphatic heterocycles. The topological polar surface area (TPSA) is 41.5 Å². The highest BCUT2D eigenvalue weighted by molar-refractivity contribution is 5.78. The van der Waals surface area contributed by atoms with Crippen LogP contribution in [-0.4, -0.2) is 48.9 Å². The predicted octanol–water partition coefficient (Wildman–Crippen LogP) is 6.02. The van der Waals surface area contributed by atoms with Gasteiger partial charge in [0, 0.05) is 6.92 Å². The van der Waals surface area contributed by atoms with E-state index in [0.29, 0.717) is 0 Å². The van der Waals surface area contributed by atoms with Gasteiger partial charge in [-0.1, -0.05) is 83.3 Å². The largest absolute Gasteiger partial charge is 0.351 e. The fourth-order valence-electron chi connectivity index (χ4n) is 4.33. The summed E-state index contributed by atoms with van der Waals surface area (Å²) in [5.74, 6) is 1.36. The Morgan fingerprint density at radius 3 is 2.17 bits per heavy atom. The summed E-state index contributed by atoms with van der Waals surface area (Å²) in [5.41, 5.74) is 0. The molecular formula is C25H48N3O+. The number of carbonyl (C=O) groups is 1. The molecule has 0 radical (unpaired) electrons. The molecule has 1 unspecified atom stereocenters. The third-order valence-electron chi connectivity index (χ3n) is 6.33. The van der Waals surface area contributed by atoms with Crippen LogP contribution in [0.4, 0.5) is 0 Å². The van der Waals surface area contributed by atoms with Gasteiger partial charge in [0.25, 0.3) is 0 Å². The lowest BCUT2D eigenvalue weighted by Crippen LogP contribution is -2.53. The first-order valence-corrected chi connectivity index (χ1v) is 12.4. The second-order valence-electron chi connectivity index (χ2n) is 8.69. The SMILES string of the molecule is CCCCCCCCCCCCC/C=C/CC1=NCC[N+]1(CC)CCNC(C)=O. The monoisotopic (exact) mass is 406 g/mol. The molecule has 168 valence electrons. The quantitative estimate of drug-likeness (QED) is 0.169. The molecule has 0 spiro atoms. The maximum absolute atomic E-state index is 11.2. The standard InChI is InChI=1S/C25H47N3O/c1-4-6-7-8-9-10-11-12-13-14-15-16-17-18-19-25-27-21-23-28(25,5-2)22-20-26-24(3)29/h17-18H,4-16,19-23H2,1-3H3/p+1/b18-17+. The zero-order valence-electron chi connectivity index (χ0n) is 19.7. The second-order valence-corrected chi connectivity index (χ2v) is 8.69. The van der Waals surface area contributed by atoms with Crippen molar-refractivity contribution in [2.75, 3.05) is 32.7 Å². The van der Waals surface area contributed by atoms with Gasteiger partial charge in [-0.05, 0) is 19.8 Å². The lowest BCUT2D eigenvalue weighted by atomic mass is 10.1. The molecule has 1 N–H and O–H groups in total. The van der Waals surface area contributed by atoms with E-state index in [9.17, 15) is 4.79 Å². The molecule has 0 aromatic carbocycles. The molecule has 0 saturated carbocycles. The summed E-state index contributed by atoms with van der Waals surface area (Å²) in [6, 6.07) is 0. The van der Waals surface area contributed by atoms with Gasteiger partial charge in [0.2, 0.25) is 11.7 Å². The lowest BCUT2D eigenvalue weighted by molar-refractivity contribution is -0.832. The van der Waals surface area contributed by atoms with Gasteiger partial charge >= 0.3 is 0 Å². The fraction of sp³-hybridized carbons (Fsp3) is 0.840. The number of rotatable bonds is 18. The maximum atomic E-state index is 11.2. The van der Waals surface area contributed by atoms with Gasteiger partial charge in [0.05, 0.1) is 26.1 Å². The van der Waals surface area contributed by atoms with Crippen molar-refractivity contribution in [2.24, 2.45) is 4.99 Å². The normalized spacial score (nSPS) is 19.1. The summed E-state index contributed by atoms with van der Waals surface area (Å²) >= 11 is 0. The first-order valence-electron chi connectivity index (χ1n) is 12.4. The summed E-state index contributed by atoms with van der Waals surface area (Å²) in [7, 11) is 0. The van der Waals surface area contributed by atoms with Gasteiger partial charge in [-0.2, -0.15) is 0 Å². The Morgan fingerprint density at radius 1 is 0.966 bits per heavy atom. The first kappa shape index (κ1) is 25.9. The lowest BCUT2D eigenvalue weighted by Gasteiger charge is -2.33. The van der Waals surface area contributed by atoms with E-state index in [0.717, 1.165) is 43.6 Å². The Bertz CT molecular complexity index is 486. The van der Waals surface area contributed by atoms with Crippen LogP contribution >= 0.6 is 0 Å². The summed E-state index contributed by atoms with van der Waals surface area (Å²) in [4.78, 5) is 15.9. The fourth-order valence-corrected chi connectivity index (χ4v) is 4.33. The molecule has 0 aromatic heterocycles. The van der Waals surface area contributed by atoms with Crippen LogP contribution in [0, 0.1) is 0 Å². The third-order valence-corrected chi connectivity index (χ3v) is 6.33. The van der Waals surface area contributed by atoms with Crippen LogP contribution in [0.25, 0.3) is 0 Å². The second kappa shape index (κ2) is 16.6. The Hall–Kier alpha value is -1.16. The number of hydrogen-bond acceptors (Lipinski definition) is 2. The molecule has 1 amide bonds. The predicted molar refractivity (Wildman–Crippen MR) is 126 cm³/mol. The molecule has 0 bridgehead atoms. The number of amidine groups is 1. The van der Waals surface area contributed by atoms with Gasteiger partial charge < -0.3 is 5.32 Å². The minimum Gasteiger partial charge on any atom is -0.351 e. The van der Waals surface area contributed by atoms with Crippen LogP contribution in [0.15, 0.2) is 17.1 Å². The van der Waals surface area contributed by atoms with Gasteiger partial charge in [-0.15, -0.1) is 0 Å². The Labute approximate surface area is 180 Å². The number of quaternary nitrogens is 1. The summed E-state index contributed by atoms with van der Waals surface area (Å²) in [6.45, 7) is 10.9. The van der Waals surface area contributed by atoms with E-state index in [1.165, 1.54) is 82.9 Å². The molecule has 0 saturated heterocycles. The zero-order chi connectivity index (χ0) is 21.2. The number of likely N-dealkylation sites (N-methyl/N-ethyl adjacent to an activating group) is 1. The molecule has 29 heavy (non-hydrogen) atoms. The molecule has 1 aliphatic rings. The van der Waals surface area contributed by atoms with Gasteiger partial charge in [-0.25, -0.2) is 4.99 Å². The number of carbonyl (C=O) groups excluding carboxylic acids is 1. The highest BCUT2D eigenvalue weighted by Crippen LogP contribution is 2.18. The van der Waals surface area contributed by atoms with E-state index in [1.54, 1.807) is 6.92 Å². The molecule has 0 fully saturated rings. The van der Waals surface area contributed by atoms with Crippen molar-refractivity contribution >= 4 is 11.7 Å². The van der Waals surface area contributed by atoms with Gasteiger partial charge in [0.15, 0.2) is 0 Å². The average molecular weight is 407 g/mol. The molecule has 4 nitrogen and oxygen atoms in total. The highest BCUT2D eigenvalue weighted by atomic mass is 16.1. The van der Waals surface area contributed by atoms with Crippen molar-refractivity contribution < 1.29 is 9.28 Å². The van der Waals surface area contributed by atoms with Crippen molar-refractivity contribution in [1.29, 1.82) is 0 Å². The molecule has 1 atom stereocenters. The summed E-state index contributed by atoms with van der Waals surface area (Å²) in [5, 5.41) is 2.94. The maximum Gasteiger partial charge on any atom is 0.217 e. The number of hydrogen-bond donors (Lipinski definition) is 1. The van der Waals surface area contributed by atoms with Crippen molar-refractivity contribution in [3.05, 3.63) is 12.2 Å². The van der Waals surface area contributed by atoms with Crippen LogP contribution < -0.4 is 5.32 Å². The van der Waals surface area contributed by atoms with E-state index < -0.39 is 0 Å². The van der Waals surface area contributed by atoms with E-state index in [2.05, 4.69) is 31.3 Å². The molecule has 1 heterocycles. The molecular weight excluding hydrogens is 358 g/mol. The van der Waals surface area contributed by atoms with Crippen LogP contribution in [0.2, 0.25) is 0 Å². The molecule has 0 aliphatic carbocycles. The number of allylic oxidation sites excluding steroid dienone is 1. The first-order chi connectivity index (χ1) is 14.1. The van der Waals surface area contributed by atoms with Crippen LogP contribution in [-0.2, 0) is 4.79 Å². The minimum atomic E-state index is 0.0591. The molecule has 4 heteroatoms. The Kier molecular flexibility index (Phi) is 14.8. The minimum absolute atomic E-state index is 0.0591. The highest BCUT2D eigenvalue weighted by Gasteiger charge is 2.35. The van der Waals surface area contributed by atoms with Crippen LogP contribution in [0.5, 0.6) is 0 Å². The smallest absolute Gasteiger partial charge is 0.217 e. The average Bonchev–Trinajstić information content (AvgIpc) is 3.11. The Balaban J connectivity index is 2.07. The van der Waals surface area contributed by atoms with E-state index >= 15 is 0 Å². The van der Waals surface area contributed by atoms with Crippen molar-refractivity contribution in [1.82, 2.24) is 5.32 Å². The van der Waals surface area contributed by atoms with Crippen LogP contribution in [0.1, 0.15) is 104 Å².